The summed E-state index contributed by atoms with van der Waals surface area (Å²) in [5, 5.41) is 4.05. The number of aromatic amines is 1. The second kappa shape index (κ2) is 6.13. The molecule has 3 rings (SSSR count). The third kappa shape index (κ3) is 3.02. The number of likely N-dealkylation sites (tertiary alicyclic amines) is 1. The van der Waals surface area contributed by atoms with Crippen LogP contribution in [0.3, 0.4) is 0 Å². The Morgan fingerprint density at radius 2 is 2.23 bits per heavy atom. The van der Waals surface area contributed by atoms with E-state index in [1.807, 2.05) is 0 Å². The molecular weight excluding hydrogens is 274 g/mol. The van der Waals surface area contributed by atoms with Crippen molar-refractivity contribution in [2.75, 3.05) is 20.1 Å². The van der Waals surface area contributed by atoms with Crippen molar-refractivity contribution in [3.63, 3.8) is 0 Å². The number of aryl methyl sites for hydroxylation is 2. The molecule has 0 unspecified atom stereocenters. The van der Waals surface area contributed by atoms with Crippen molar-refractivity contribution < 1.29 is 4.79 Å². The maximum Gasteiger partial charge on any atom is 0.220 e. The maximum absolute atomic E-state index is 11.5. The van der Waals surface area contributed by atoms with E-state index >= 15 is 0 Å². The molecule has 1 saturated heterocycles. The Hall–Kier alpha value is -1.81. The Labute approximate surface area is 131 Å². The summed E-state index contributed by atoms with van der Waals surface area (Å²) < 4.78 is 0. The van der Waals surface area contributed by atoms with E-state index in [1.54, 1.807) is 7.05 Å². The minimum Gasteiger partial charge on any atom is -0.359 e. The number of rotatable bonds is 4. The molecule has 22 heavy (non-hydrogen) atoms. The summed E-state index contributed by atoms with van der Waals surface area (Å²) in [7, 11) is 1.71. The van der Waals surface area contributed by atoms with Crippen LogP contribution < -0.4 is 5.32 Å². The van der Waals surface area contributed by atoms with Gasteiger partial charge in [0, 0.05) is 43.2 Å². The molecule has 0 radical (unpaired) electrons. The topological polar surface area (TPSA) is 48.1 Å². The first-order valence-corrected chi connectivity index (χ1v) is 8.07. The van der Waals surface area contributed by atoms with Gasteiger partial charge >= 0.3 is 0 Å². The number of nitrogens with zero attached hydrogens (tertiary/aromatic N) is 1. The van der Waals surface area contributed by atoms with Gasteiger partial charge in [0.05, 0.1) is 0 Å². The molecular formula is C18H25N3O. The van der Waals surface area contributed by atoms with Gasteiger partial charge in [0.15, 0.2) is 0 Å². The molecule has 118 valence electrons. The highest BCUT2D eigenvalue weighted by molar-refractivity contribution is 5.85. The van der Waals surface area contributed by atoms with Gasteiger partial charge in [-0.25, -0.2) is 0 Å². The number of aromatic nitrogens is 1. The SMILES string of the molecule is CNC(=O)C[C@@H]1CCN(Cc2[nH]c3ccc(C)cc3c2C)C1. The summed E-state index contributed by atoms with van der Waals surface area (Å²) in [5.74, 6) is 0.649. The normalized spacial score (nSPS) is 19.0. The van der Waals surface area contributed by atoms with E-state index in [-0.39, 0.29) is 5.91 Å². The van der Waals surface area contributed by atoms with Gasteiger partial charge in [0.25, 0.3) is 0 Å². The van der Waals surface area contributed by atoms with Crippen molar-refractivity contribution >= 4 is 16.8 Å². The molecule has 0 spiro atoms. The second-order valence-electron chi connectivity index (χ2n) is 6.54. The zero-order chi connectivity index (χ0) is 15.7. The first kappa shape index (κ1) is 15.1. The molecule has 0 aliphatic carbocycles. The summed E-state index contributed by atoms with van der Waals surface area (Å²) in [6.07, 6.45) is 1.77. The lowest BCUT2D eigenvalue weighted by Gasteiger charge is -2.15. The van der Waals surface area contributed by atoms with Crippen molar-refractivity contribution in [2.24, 2.45) is 5.92 Å². The minimum atomic E-state index is 0.157. The number of hydrogen-bond acceptors (Lipinski definition) is 2. The quantitative estimate of drug-likeness (QED) is 0.912. The van der Waals surface area contributed by atoms with Crippen LogP contribution in [0.4, 0.5) is 0 Å². The standard InChI is InChI=1S/C18H25N3O/c1-12-4-5-16-15(8-12)13(2)17(20-16)11-21-7-6-14(10-21)9-18(22)19-3/h4-5,8,14,20H,6-7,9-11H2,1-3H3,(H,19,22)/t14-/m0/s1. The number of nitrogens with one attached hydrogen (secondary N) is 2. The van der Waals surface area contributed by atoms with E-state index in [2.05, 4.69) is 47.2 Å². The highest BCUT2D eigenvalue weighted by Gasteiger charge is 2.25. The van der Waals surface area contributed by atoms with Crippen molar-refractivity contribution in [1.29, 1.82) is 0 Å². The van der Waals surface area contributed by atoms with Gasteiger partial charge < -0.3 is 10.3 Å². The largest absolute Gasteiger partial charge is 0.359 e. The van der Waals surface area contributed by atoms with E-state index in [1.165, 1.54) is 27.7 Å². The lowest BCUT2D eigenvalue weighted by atomic mass is 10.0. The van der Waals surface area contributed by atoms with E-state index in [9.17, 15) is 4.79 Å². The van der Waals surface area contributed by atoms with Gasteiger partial charge in [0.2, 0.25) is 5.91 Å². The van der Waals surface area contributed by atoms with Gasteiger partial charge in [-0.1, -0.05) is 11.6 Å². The van der Waals surface area contributed by atoms with Crippen LogP contribution in [0.2, 0.25) is 0 Å². The Bertz CT molecular complexity index is 689. The van der Waals surface area contributed by atoms with Gasteiger partial charge in [-0.15, -0.1) is 0 Å². The van der Waals surface area contributed by atoms with Crippen LogP contribution in [0.1, 0.15) is 29.7 Å². The van der Waals surface area contributed by atoms with Crippen molar-refractivity contribution in [3.05, 3.63) is 35.0 Å². The number of carbonyl (C=O) groups excluding carboxylic acids is 1. The highest BCUT2D eigenvalue weighted by atomic mass is 16.1. The van der Waals surface area contributed by atoms with Gasteiger partial charge in [0.1, 0.15) is 0 Å². The zero-order valence-corrected chi connectivity index (χ0v) is 13.7. The lowest BCUT2D eigenvalue weighted by molar-refractivity contribution is -0.121. The Balaban J connectivity index is 1.69. The van der Waals surface area contributed by atoms with Crippen LogP contribution in [0, 0.1) is 19.8 Å². The lowest BCUT2D eigenvalue weighted by Crippen LogP contribution is -2.24. The first-order valence-electron chi connectivity index (χ1n) is 8.07. The number of carbonyl (C=O) groups is 1. The van der Waals surface area contributed by atoms with E-state index in [4.69, 9.17) is 0 Å². The molecule has 2 N–H and O–H groups in total. The van der Waals surface area contributed by atoms with Crippen LogP contribution in [0.5, 0.6) is 0 Å². The second-order valence-corrected chi connectivity index (χ2v) is 6.54. The van der Waals surface area contributed by atoms with E-state index in [0.29, 0.717) is 12.3 Å². The number of amides is 1. The van der Waals surface area contributed by atoms with Crippen molar-refractivity contribution in [2.45, 2.75) is 33.2 Å². The molecule has 1 aliphatic rings. The van der Waals surface area contributed by atoms with Crippen LogP contribution in [0.15, 0.2) is 18.2 Å². The molecule has 0 bridgehead atoms. The highest BCUT2D eigenvalue weighted by Crippen LogP contribution is 2.26. The average Bonchev–Trinajstić information content (AvgIpc) is 3.05. The third-order valence-electron chi connectivity index (χ3n) is 4.82. The molecule has 2 heterocycles. The van der Waals surface area contributed by atoms with Gasteiger partial charge in [-0.3, -0.25) is 9.69 Å². The van der Waals surface area contributed by atoms with Gasteiger partial charge in [-0.05, 0) is 50.4 Å². The van der Waals surface area contributed by atoms with Crippen LogP contribution in [-0.4, -0.2) is 35.9 Å². The molecule has 1 aromatic carbocycles. The molecule has 1 amide bonds. The summed E-state index contributed by atoms with van der Waals surface area (Å²) in [6.45, 7) is 7.38. The summed E-state index contributed by atoms with van der Waals surface area (Å²) in [4.78, 5) is 17.5. The van der Waals surface area contributed by atoms with E-state index < -0.39 is 0 Å². The average molecular weight is 299 g/mol. The number of benzene rings is 1. The van der Waals surface area contributed by atoms with Crippen molar-refractivity contribution in [1.82, 2.24) is 15.2 Å². The number of H-pyrrole nitrogens is 1. The summed E-state index contributed by atoms with van der Waals surface area (Å²) in [5.41, 5.74) is 5.18. The fourth-order valence-electron chi connectivity index (χ4n) is 3.47. The smallest absolute Gasteiger partial charge is 0.220 e. The zero-order valence-electron chi connectivity index (χ0n) is 13.7. The summed E-state index contributed by atoms with van der Waals surface area (Å²) >= 11 is 0. The first-order chi connectivity index (χ1) is 10.6. The Kier molecular flexibility index (Phi) is 4.21. The number of fused-ring (bicyclic) bond motifs is 1. The minimum absolute atomic E-state index is 0.157. The molecule has 0 saturated carbocycles. The van der Waals surface area contributed by atoms with Crippen molar-refractivity contribution in [3.8, 4) is 0 Å². The Morgan fingerprint density at radius 1 is 1.41 bits per heavy atom. The van der Waals surface area contributed by atoms with E-state index in [0.717, 1.165) is 26.1 Å². The third-order valence-corrected chi connectivity index (χ3v) is 4.82. The van der Waals surface area contributed by atoms with Gasteiger partial charge in [-0.2, -0.15) is 0 Å². The molecule has 4 nitrogen and oxygen atoms in total. The predicted molar refractivity (Wildman–Crippen MR) is 89.8 cm³/mol. The molecule has 2 aromatic rings. The maximum atomic E-state index is 11.5. The number of hydrogen-bond donors (Lipinski definition) is 2. The molecule has 1 aliphatic heterocycles. The van der Waals surface area contributed by atoms with Crippen LogP contribution >= 0.6 is 0 Å². The Morgan fingerprint density at radius 3 is 3.00 bits per heavy atom. The molecule has 1 atom stereocenters. The molecule has 4 heteroatoms. The fraction of sp³-hybridized carbons (Fsp3) is 0.500. The molecule has 1 fully saturated rings. The fourth-order valence-corrected chi connectivity index (χ4v) is 3.47. The molecule has 1 aromatic heterocycles. The summed E-state index contributed by atoms with van der Waals surface area (Å²) in [6, 6.07) is 6.57. The van der Waals surface area contributed by atoms with Crippen LogP contribution in [-0.2, 0) is 11.3 Å². The monoisotopic (exact) mass is 299 g/mol. The predicted octanol–water partition coefficient (Wildman–Crippen LogP) is 2.74. The van der Waals surface area contributed by atoms with Crippen LogP contribution in [0.25, 0.3) is 10.9 Å².